The third kappa shape index (κ3) is 5.02. The Balaban J connectivity index is 2.44. The summed E-state index contributed by atoms with van der Waals surface area (Å²) in [5.74, 6) is 0.349. The van der Waals surface area contributed by atoms with Crippen LogP contribution in [0.4, 0.5) is 4.79 Å². The molecular formula is C15H28N2O3. The van der Waals surface area contributed by atoms with E-state index in [0.29, 0.717) is 24.9 Å². The second kappa shape index (κ2) is 8.12. The lowest BCUT2D eigenvalue weighted by atomic mass is 9.80. The molecule has 1 aliphatic carbocycles. The van der Waals surface area contributed by atoms with Gasteiger partial charge in [0, 0.05) is 19.1 Å². The molecule has 1 aliphatic rings. The van der Waals surface area contributed by atoms with E-state index in [1.165, 1.54) is 25.7 Å². The largest absolute Gasteiger partial charge is 0.481 e. The summed E-state index contributed by atoms with van der Waals surface area (Å²) in [7, 11) is 0. The molecule has 0 aliphatic heterocycles. The third-order valence-electron chi connectivity index (χ3n) is 4.41. The highest BCUT2D eigenvalue weighted by atomic mass is 16.4. The summed E-state index contributed by atoms with van der Waals surface area (Å²) >= 11 is 0. The summed E-state index contributed by atoms with van der Waals surface area (Å²) in [6, 6.07) is -0.416. The molecule has 2 amide bonds. The van der Waals surface area contributed by atoms with E-state index in [-0.39, 0.29) is 18.5 Å². The van der Waals surface area contributed by atoms with Gasteiger partial charge in [0.15, 0.2) is 0 Å². The van der Waals surface area contributed by atoms with Crippen molar-refractivity contribution >= 4 is 12.0 Å². The second-order valence-electron chi connectivity index (χ2n) is 5.94. The summed E-state index contributed by atoms with van der Waals surface area (Å²) < 4.78 is 0. The molecule has 0 spiro atoms. The summed E-state index contributed by atoms with van der Waals surface area (Å²) in [6.07, 6.45) is 4.95. The van der Waals surface area contributed by atoms with Gasteiger partial charge < -0.3 is 15.3 Å². The molecular weight excluding hydrogens is 256 g/mol. The van der Waals surface area contributed by atoms with Gasteiger partial charge in [0.25, 0.3) is 0 Å². The average Bonchev–Trinajstić information content (AvgIpc) is 2.37. The van der Waals surface area contributed by atoms with E-state index < -0.39 is 5.97 Å². The molecule has 0 heterocycles. The topological polar surface area (TPSA) is 69.6 Å². The van der Waals surface area contributed by atoms with Crippen molar-refractivity contribution < 1.29 is 14.7 Å². The maximum absolute atomic E-state index is 12.2. The van der Waals surface area contributed by atoms with E-state index in [2.05, 4.69) is 12.2 Å². The molecule has 3 atom stereocenters. The number of aliphatic carboxylic acids is 1. The third-order valence-corrected chi connectivity index (χ3v) is 4.41. The van der Waals surface area contributed by atoms with Crippen molar-refractivity contribution in [3.05, 3.63) is 0 Å². The minimum atomic E-state index is -0.871. The van der Waals surface area contributed by atoms with Crippen LogP contribution in [0.15, 0.2) is 0 Å². The van der Waals surface area contributed by atoms with Gasteiger partial charge in [-0.25, -0.2) is 4.79 Å². The zero-order valence-electron chi connectivity index (χ0n) is 12.9. The van der Waals surface area contributed by atoms with E-state index in [1.54, 1.807) is 11.8 Å². The molecule has 116 valence electrons. The average molecular weight is 284 g/mol. The predicted molar refractivity (Wildman–Crippen MR) is 78.6 cm³/mol. The van der Waals surface area contributed by atoms with Crippen molar-refractivity contribution in [2.75, 3.05) is 13.1 Å². The molecule has 2 N–H and O–H groups in total. The lowest BCUT2D eigenvalue weighted by Gasteiger charge is -2.31. The first-order valence-corrected chi connectivity index (χ1v) is 7.72. The van der Waals surface area contributed by atoms with Crippen LogP contribution in [0.5, 0.6) is 0 Å². The van der Waals surface area contributed by atoms with Gasteiger partial charge in [-0.05, 0) is 32.1 Å². The maximum Gasteiger partial charge on any atom is 0.317 e. The Morgan fingerprint density at radius 2 is 2.00 bits per heavy atom. The van der Waals surface area contributed by atoms with Crippen molar-refractivity contribution in [1.29, 1.82) is 0 Å². The fraction of sp³-hybridized carbons (Fsp3) is 0.867. The van der Waals surface area contributed by atoms with Gasteiger partial charge in [-0.3, -0.25) is 4.79 Å². The Labute approximate surface area is 121 Å². The van der Waals surface area contributed by atoms with Crippen LogP contribution in [0.1, 0.15) is 52.9 Å². The molecule has 0 radical (unpaired) electrons. The molecule has 0 aromatic rings. The number of nitrogens with zero attached hydrogens (tertiary/aromatic N) is 1. The van der Waals surface area contributed by atoms with E-state index in [0.717, 1.165) is 0 Å². The number of carbonyl (C=O) groups is 2. The standard InChI is InChI=1S/C15H28N2O3/c1-4-17(12(3)9-14(18)19)15(20)16-10-13-8-6-5-7-11(13)2/h11-13H,4-10H2,1-3H3,(H,16,20)(H,18,19). The molecule has 5 heteroatoms. The number of carboxylic acids is 1. The molecule has 1 fully saturated rings. The van der Waals surface area contributed by atoms with Crippen LogP contribution in [-0.2, 0) is 4.79 Å². The van der Waals surface area contributed by atoms with Crippen LogP contribution in [0.25, 0.3) is 0 Å². The fourth-order valence-electron chi connectivity index (χ4n) is 3.03. The number of hydrogen-bond donors (Lipinski definition) is 2. The first-order chi connectivity index (χ1) is 9.45. The monoisotopic (exact) mass is 284 g/mol. The summed E-state index contributed by atoms with van der Waals surface area (Å²) in [5, 5.41) is 11.8. The van der Waals surface area contributed by atoms with Crippen molar-refractivity contribution in [3.63, 3.8) is 0 Å². The van der Waals surface area contributed by atoms with Crippen molar-refractivity contribution in [1.82, 2.24) is 10.2 Å². The number of amides is 2. The zero-order valence-corrected chi connectivity index (χ0v) is 12.9. The molecule has 0 saturated heterocycles. The highest BCUT2D eigenvalue weighted by molar-refractivity contribution is 5.75. The van der Waals surface area contributed by atoms with E-state index in [1.807, 2.05) is 6.92 Å². The number of carboxylic acid groups (broad SMARTS) is 1. The minimum absolute atomic E-state index is 0.0128. The summed E-state index contributed by atoms with van der Waals surface area (Å²) in [4.78, 5) is 24.5. The highest BCUT2D eigenvalue weighted by Crippen LogP contribution is 2.28. The number of hydrogen-bond acceptors (Lipinski definition) is 2. The highest BCUT2D eigenvalue weighted by Gasteiger charge is 2.24. The number of rotatable bonds is 6. The van der Waals surface area contributed by atoms with E-state index >= 15 is 0 Å². The van der Waals surface area contributed by atoms with Crippen molar-refractivity contribution in [2.24, 2.45) is 11.8 Å². The van der Waals surface area contributed by atoms with Gasteiger partial charge in [-0.1, -0.05) is 26.2 Å². The molecule has 0 aromatic carbocycles. The van der Waals surface area contributed by atoms with Crippen LogP contribution >= 0.6 is 0 Å². The maximum atomic E-state index is 12.2. The predicted octanol–water partition coefficient (Wildman–Crippen LogP) is 2.71. The molecule has 3 unspecified atom stereocenters. The van der Waals surface area contributed by atoms with Crippen LogP contribution in [0, 0.1) is 11.8 Å². The SMILES string of the molecule is CCN(C(=O)NCC1CCCCC1C)C(C)CC(=O)O. The van der Waals surface area contributed by atoms with Crippen LogP contribution in [-0.4, -0.2) is 41.1 Å². The first-order valence-electron chi connectivity index (χ1n) is 7.72. The first kappa shape index (κ1) is 16.8. The van der Waals surface area contributed by atoms with Gasteiger partial charge in [0.1, 0.15) is 0 Å². The number of nitrogens with one attached hydrogen (secondary N) is 1. The van der Waals surface area contributed by atoms with Crippen molar-refractivity contribution in [3.8, 4) is 0 Å². The van der Waals surface area contributed by atoms with Crippen LogP contribution in [0.3, 0.4) is 0 Å². The zero-order chi connectivity index (χ0) is 15.1. The summed E-state index contributed by atoms with van der Waals surface area (Å²) in [6.45, 7) is 7.14. The molecule has 1 saturated carbocycles. The second-order valence-corrected chi connectivity index (χ2v) is 5.94. The summed E-state index contributed by atoms with van der Waals surface area (Å²) in [5.41, 5.74) is 0. The lowest BCUT2D eigenvalue weighted by Crippen LogP contribution is -2.47. The lowest BCUT2D eigenvalue weighted by molar-refractivity contribution is -0.138. The van der Waals surface area contributed by atoms with Crippen LogP contribution < -0.4 is 5.32 Å². The van der Waals surface area contributed by atoms with Gasteiger partial charge in [0.05, 0.1) is 6.42 Å². The molecule has 0 bridgehead atoms. The number of urea groups is 1. The van der Waals surface area contributed by atoms with E-state index in [9.17, 15) is 9.59 Å². The Morgan fingerprint density at radius 3 is 2.55 bits per heavy atom. The molecule has 20 heavy (non-hydrogen) atoms. The van der Waals surface area contributed by atoms with Gasteiger partial charge >= 0.3 is 12.0 Å². The van der Waals surface area contributed by atoms with Gasteiger partial charge in [-0.2, -0.15) is 0 Å². The van der Waals surface area contributed by atoms with Gasteiger partial charge in [0.2, 0.25) is 0 Å². The quantitative estimate of drug-likeness (QED) is 0.788. The molecule has 0 aromatic heterocycles. The van der Waals surface area contributed by atoms with Crippen LogP contribution in [0.2, 0.25) is 0 Å². The Bertz CT molecular complexity index is 333. The Morgan fingerprint density at radius 1 is 1.35 bits per heavy atom. The number of carbonyl (C=O) groups excluding carboxylic acids is 1. The molecule has 5 nitrogen and oxygen atoms in total. The van der Waals surface area contributed by atoms with Crippen molar-refractivity contribution in [2.45, 2.75) is 58.9 Å². The smallest absolute Gasteiger partial charge is 0.317 e. The normalized spacial score (nSPS) is 23.9. The van der Waals surface area contributed by atoms with Gasteiger partial charge in [-0.15, -0.1) is 0 Å². The van der Waals surface area contributed by atoms with E-state index in [4.69, 9.17) is 5.11 Å². The Hall–Kier alpha value is -1.26. The Kier molecular flexibility index (Phi) is 6.82. The fourth-order valence-corrected chi connectivity index (χ4v) is 3.03. The molecule has 1 rings (SSSR count). The minimum Gasteiger partial charge on any atom is -0.481 e.